The van der Waals surface area contributed by atoms with Crippen LogP contribution in [-0.2, 0) is 9.59 Å². The highest BCUT2D eigenvalue weighted by atomic mass is 32.2. The van der Waals surface area contributed by atoms with Crippen molar-refractivity contribution in [2.24, 2.45) is 0 Å². The third-order valence-electron chi connectivity index (χ3n) is 2.51. The average molecular weight is 230 g/mol. The fraction of sp³-hybridized carbons (Fsp3) is 0.800. The van der Waals surface area contributed by atoms with Crippen LogP contribution in [0.2, 0.25) is 0 Å². The van der Waals surface area contributed by atoms with Gasteiger partial charge in [-0.1, -0.05) is 13.3 Å². The van der Waals surface area contributed by atoms with E-state index in [0.29, 0.717) is 6.54 Å². The summed E-state index contributed by atoms with van der Waals surface area (Å²) in [7, 11) is 0. The maximum Gasteiger partial charge on any atom is 0.243 e. The molecule has 0 aliphatic carbocycles. The number of nitrogens with one attached hydrogen (secondary N) is 1. The molecule has 0 bridgehead atoms. The van der Waals surface area contributed by atoms with Gasteiger partial charge < -0.3 is 10.2 Å². The maximum atomic E-state index is 11.6. The Hall–Kier alpha value is -0.710. The first-order chi connectivity index (χ1) is 7.20. The third kappa shape index (κ3) is 3.12. The third-order valence-corrected chi connectivity index (χ3v) is 3.10. The van der Waals surface area contributed by atoms with Gasteiger partial charge in [0.25, 0.3) is 0 Å². The molecule has 1 N–H and O–H groups in total. The normalized spacial score (nSPS) is 21.7. The van der Waals surface area contributed by atoms with Crippen molar-refractivity contribution in [2.45, 2.75) is 25.8 Å². The van der Waals surface area contributed by atoms with Crippen molar-refractivity contribution in [1.29, 1.82) is 0 Å². The van der Waals surface area contributed by atoms with Crippen molar-refractivity contribution >= 4 is 23.6 Å². The van der Waals surface area contributed by atoms with Crippen LogP contribution in [0, 0.1) is 0 Å². The molecule has 1 aliphatic rings. The molecule has 1 heterocycles. The van der Waals surface area contributed by atoms with Crippen molar-refractivity contribution in [3.63, 3.8) is 0 Å². The van der Waals surface area contributed by atoms with Gasteiger partial charge in [-0.05, 0) is 12.7 Å². The summed E-state index contributed by atoms with van der Waals surface area (Å²) in [6.07, 6.45) is 3.68. The van der Waals surface area contributed by atoms with Gasteiger partial charge in [-0.15, -0.1) is 0 Å². The molecule has 0 aromatic heterocycles. The van der Waals surface area contributed by atoms with E-state index in [4.69, 9.17) is 0 Å². The smallest absolute Gasteiger partial charge is 0.243 e. The van der Waals surface area contributed by atoms with Crippen LogP contribution in [0.15, 0.2) is 0 Å². The Labute approximate surface area is 94.8 Å². The first-order valence-corrected chi connectivity index (χ1v) is 6.66. The van der Waals surface area contributed by atoms with Gasteiger partial charge >= 0.3 is 0 Å². The number of thioether (sulfide) groups is 1. The molecule has 0 aromatic rings. The van der Waals surface area contributed by atoms with Gasteiger partial charge in [-0.25, -0.2) is 0 Å². The second kappa shape index (κ2) is 6.00. The van der Waals surface area contributed by atoms with Gasteiger partial charge in [0.15, 0.2) is 0 Å². The Morgan fingerprint density at radius 3 is 2.87 bits per heavy atom. The van der Waals surface area contributed by atoms with E-state index in [9.17, 15) is 9.59 Å². The summed E-state index contributed by atoms with van der Waals surface area (Å²) in [5, 5.41) is 2.64. The lowest BCUT2D eigenvalue weighted by Crippen LogP contribution is -2.58. The zero-order chi connectivity index (χ0) is 11.3. The van der Waals surface area contributed by atoms with Crippen molar-refractivity contribution < 1.29 is 9.59 Å². The lowest BCUT2D eigenvalue weighted by molar-refractivity contribution is -0.145. The molecule has 4 nitrogen and oxygen atoms in total. The van der Waals surface area contributed by atoms with Crippen LogP contribution in [-0.4, -0.2) is 47.9 Å². The summed E-state index contributed by atoms with van der Waals surface area (Å²) < 4.78 is 0. The van der Waals surface area contributed by atoms with E-state index < -0.39 is 0 Å². The number of hydrogen-bond acceptors (Lipinski definition) is 3. The molecule has 1 unspecified atom stereocenters. The van der Waals surface area contributed by atoms with Crippen LogP contribution in [0.25, 0.3) is 0 Å². The van der Waals surface area contributed by atoms with Crippen molar-refractivity contribution in [1.82, 2.24) is 10.2 Å². The van der Waals surface area contributed by atoms with Gasteiger partial charge in [-0.2, -0.15) is 11.8 Å². The summed E-state index contributed by atoms with van der Waals surface area (Å²) in [6, 6.07) is -0.247. The highest BCUT2D eigenvalue weighted by Crippen LogP contribution is 2.12. The predicted molar refractivity (Wildman–Crippen MR) is 61.8 cm³/mol. The van der Waals surface area contributed by atoms with E-state index in [-0.39, 0.29) is 24.4 Å². The fourth-order valence-electron chi connectivity index (χ4n) is 1.73. The van der Waals surface area contributed by atoms with Crippen molar-refractivity contribution in [2.75, 3.05) is 25.1 Å². The first kappa shape index (κ1) is 12.4. The quantitative estimate of drug-likeness (QED) is 0.747. The minimum absolute atomic E-state index is 0.00227. The number of nitrogens with zero attached hydrogens (tertiary/aromatic N) is 1. The molecule has 86 valence electrons. The summed E-state index contributed by atoms with van der Waals surface area (Å²) in [4.78, 5) is 24.9. The van der Waals surface area contributed by atoms with E-state index >= 15 is 0 Å². The molecule has 1 atom stereocenters. The molecule has 1 fully saturated rings. The molecule has 0 radical (unpaired) electrons. The Kier molecular flexibility index (Phi) is 4.94. The Morgan fingerprint density at radius 1 is 1.53 bits per heavy atom. The van der Waals surface area contributed by atoms with Gasteiger partial charge in [0.1, 0.15) is 6.04 Å². The topological polar surface area (TPSA) is 49.4 Å². The average Bonchev–Trinajstić information content (AvgIpc) is 2.23. The predicted octanol–water partition coefficient (Wildman–Crippen LogP) is 0.476. The monoisotopic (exact) mass is 230 g/mol. The summed E-state index contributed by atoms with van der Waals surface area (Å²) in [5.41, 5.74) is 0. The molecule has 0 aromatic carbocycles. The van der Waals surface area contributed by atoms with Gasteiger partial charge in [0.05, 0.1) is 6.54 Å². The number of rotatable bonds is 5. The van der Waals surface area contributed by atoms with Gasteiger partial charge in [-0.3, -0.25) is 9.59 Å². The summed E-state index contributed by atoms with van der Waals surface area (Å²) >= 11 is 1.69. The number of carbonyl (C=O) groups excluding carboxylic acids is 2. The molecular formula is C10H18N2O2S. The lowest BCUT2D eigenvalue weighted by atomic mass is 10.1. The van der Waals surface area contributed by atoms with Gasteiger partial charge in [0.2, 0.25) is 11.8 Å². The second-order valence-electron chi connectivity index (χ2n) is 3.60. The molecule has 0 saturated carbocycles. The maximum absolute atomic E-state index is 11.6. The Bertz CT molecular complexity index is 246. The number of hydrogen-bond donors (Lipinski definition) is 1. The zero-order valence-corrected chi connectivity index (χ0v) is 10.1. The van der Waals surface area contributed by atoms with Crippen molar-refractivity contribution in [3.8, 4) is 0 Å². The summed E-state index contributed by atoms with van der Waals surface area (Å²) in [6.45, 7) is 2.87. The molecule has 1 rings (SSSR count). The minimum Gasteiger partial charge on any atom is -0.345 e. The van der Waals surface area contributed by atoms with Gasteiger partial charge in [0, 0.05) is 12.3 Å². The highest BCUT2D eigenvalue weighted by Gasteiger charge is 2.32. The van der Waals surface area contributed by atoms with E-state index in [2.05, 4.69) is 5.32 Å². The number of amides is 2. The number of carbonyl (C=O) groups is 2. The molecule has 1 aliphatic heterocycles. The van der Waals surface area contributed by atoms with Crippen LogP contribution in [0.3, 0.4) is 0 Å². The number of piperazine rings is 1. The largest absolute Gasteiger partial charge is 0.345 e. The fourth-order valence-corrected chi connectivity index (χ4v) is 2.11. The summed E-state index contributed by atoms with van der Waals surface area (Å²) in [5.74, 6) is 0.929. The zero-order valence-electron chi connectivity index (χ0n) is 9.28. The van der Waals surface area contributed by atoms with Crippen LogP contribution < -0.4 is 5.32 Å². The molecule has 15 heavy (non-hydrogen) atoms. The van der Waals surface area contributed by atoms with Crippen LogP contribution in [0.5, 0.6) is 0 Å². The SMILES string of the molecule is CCCC1C(=O)NCC(=O)N1CCSC. The van der Waals surface area contributed by atoms with Crippen LogP contribution in [0.1, 0.15) is 19.8 Å². The molecule has 1 saturated heterocycles. The van der Waals surface area contributed by atoms with Crippen molar-refractivity contribution in [3.05, 3.63) is 0 Å². The van der Waals surface area contributed by atoms with E-state index in [1.165, 1.54) is 0 Å². The molecular weight excluding hydrogens is 212 g/mol. The van der Waals surface area contributed by atoms with E-state index in [1.807, 2.05) is 13.2 Å². The molecule has 0 spiro atoms. The molecule has 2 amide bonds. The van der Waals surface area contributed by atoms with E-state index in [0.717, 1.165) is 18.6 Å². The first-order valence-electron chi connectivity index (χ1n) is 5.26. The van der Waals surface area contributed by atoms with Crippen LogP contribution in [0.4, 0.5) is 0 Å². The Balaban J connectivity index is 2.64. The minimum atomic E-state index is -0.247. The molecule has 5 heteroatoms. The second-order valence-corrected chi connectivity index (χ2v) is 4.59. The Morgan fingerprint density at radius 2 is 2.27 bits per heavy atom. The van der Waals surface area contributed by atoms with Crippen LogP contribution >= 0.6 is 11.8 Å². The lowest BCUT2D eigenvalue weighted by Gasteiger charge is -2.34. The highest BCUT2D eigenvalue weighted by molar-refractivity contribution is 7.98. The standard InChI is InChI=1S/C10H18N2O2S/c1-3-4-8-10(14)11-7-9(13)12(8)5-6-15-2/h8H,3-7H2,1-2H3,(H,11,14). The van der Waals surface area contributed by atoms with E-state index in [1.54, 1.807) is 16.7 Å².